The molecule has 0 spiro atoms. The van der Waals surface area contributed by atoms with Crippen LogP contribution in [0.4, 0.5) is 0 Å². The third-order valence-corrected chi connectivity index (χ3v) is 4.29. The van der Waals surface area contributed by atoms with Crippen molar-refractivity contribution < 1.29 is 9.90 Å². The van der Waals surface area contributed by atoms with E-state index >= 15 is 0 Å². The number of pyridine rings is 1. The van der Waals surface area contributed by atoms with E-state index < -0.39 is 23.0 Å². The van der Waals surface area contributed by atoms with Crippen LogP contribution in [-0.4, -0.2) is 15.6 Å². The number of halogens is 2. The number of rotatable bonds is 3. The molecule has 1 aromatic heterocycles. The van der Waals surface area contributed by atoms with Crippen molar-refractivity contribution in [1.82, 2.24) is 4.57 Å². The largest absolute Gasteiger partial charge is 0.480 e. The number of carbonyl (C=O) groups is 1. The maximum Gasteiger partial charge on any atom is 0.327 e. The summed E-state index contributed by atoms with van der Waals surface area (Å²) in [7, 11) is 0. The molecule has 0 bridgehead atoms. The first-order chi connectivity index (χ1) is 11.6. The fraction of sp³-hybridized carbons (Fsp3) is 0.278. The minimum Gasteiger partial charge on any atom is -0.480 e. The molecule has 0 aliphatic carbocycles. The van der Waals surface area contributed by atoms with Crippen LogP contribution in [0.15, 0.2) is 35.3 Å². The second kappa shape index (κ2) is 6.91. The number of hydrogen-bond donors (Lipinski definition) is 1. The normalized spacial score (nSPS) is 12.5. The second-order valence-corrected chi connectivity index (χ2v) is 7.53. The topological polar surface area (TPSA) is 83.1 Å². The zero-order valence-corrected chi connectivity index (χ0v) is 15.4. The molecule has 0 saturated heterocycles. The van der Waals surface area contributed by atoms with Crippen LogP contribution in [0.25, 0.3) is 11.1 Å². The van der Waals surface area contributed by atoms with Crippen molar-refractivity contribution in [2.75, 3.05) is 0 Å². The minimum absolute atomic E-state index is 0.161. The van der Waals surface area contributed by atoms with Crippen LogP contribution < -0.4 is 5.56 Å². The number of hydrogen-bond acceptors (Lipinski definition) is 3. The average molecular weight is 379 g/mol. The van der Waals surface area contributed by atoms with Crippen molar-refractivity contribution in [2.24, 2.45) is 5.41 Å². The Morgan fingerprint density at radius 1 is 1.24 bits per heavy atom. The molecule has 130 valence electrons. The molecule has 0 fully saturated rings. The molecule has 1 N–H and O–H groups in total. The number of aliphatic carboxylic acids is 1. The van der Waals surface area contributed by atoms with Crippen molar-refractivity contribution in [1.29, 1.82) is 5.26 Å². The smallest absolute Gasteiger partial charge is 0.327 e. The number of carboxylic acid groups (broad SMARTS) is 1. The Labute approximate surface area is 155 Å². The van der Waals surface area contributed by atoms with Gasteiger partial charge in [-0.15, -0.1) is 0 Å². The van der Waals surface area contributed by atoms with E-state index in [1.165, 1.54) is 18.3 Å². The summed E-state index contributed by atoms with van der Waals surface area (Å²) in [6.45, 7) is 5.18. The van der Waals surface area contributed by atoms with Gasteiger partial charge >= 0.3 is 5.97 Å². The van der Waals surface area contributed by atoms with E-state index in [9.17, 15) is 20.0 Å². The van der Waals surface area contributed by atoms with Gasteiger partial charge in [-0.1, -0.05) is 44.0 Å². The van der Waals surface area contributed by atoms with E-state index in [2.05, 4.69) is 0 Å². The molecular weight excluding hydrogens is 363 g/mol. The van der Waals surface area contributed by atoms with Gasteiger partial charge in [-0.2, -0.15) is 5.26 Å². The Bertz CT molecular complexity index is 937. The Hall–Kier alpha value is -2.29. The van der Waals surface area contributed by atoms with Crippen LogP contribution in [0.5, 0.6) is 0 Å². The van der Waals surface area contributed by atoms with Gasteiger partial charge < -0.3 is 5.11 Å². The van der Waals surface area contributed by atoms with Crippen molar-refractivity contribution in [3.05, 3.63) is 56.4 Å². The summed E-state index contributed by atoms with van der Waals surface area (Å²) in [4.78, 5) is 24.2. The molecular formula is C18H16Cl2N2O3. The number of nitriles is 1. The number of nitrogens with zero attached hydrogens (tertiary/aromatic N) is 2. The summed E-state index contributed by atoms with van der Waals surface area (Å²) in [6, 6.07) is 6.83. The van der Waals surface area contributed by atoms with Crippen LogP contribution in [0.2, 0.25) is 10.0 Å². The van der Waals surface area contributed by atoms with E-state index in [-0.39, 0.29) is 5.02 Å². The molecule has 0 aliphatic rings. The first-order valence-corrected chi connectivity index (χ1v) is 8.16. The molecule has 25 heavy (non-hydrogen) atoms. The number of carboxylic acids is 1. The average Bonchev–Trinajstić information content (AvgIpc) is 2.48. The summed E-state index contributed by atoms with van der Waals surface area (Å²) in [5.74, 6) is -1.13. The van der Waals surface area contributed by atoms with E-state index in [4.69, 9.17) is 23.2 Å². The Morgan fingerprint density at radius 2 is 1.88 bits per heavy atom. The standard InChI is InChI=1S/C18H16Cl2N2O3/c1-18(2,3)16(17(24)25)22-9-14(20)13(7-15(22)23)12-6-11(19)5-4-10(12)8-21/h4-7,9,16H,1-3H3,(H,24,25). The number of benzene rings is 1. The van der Waals surface area contributed by atoms with E-state index in [0.717, 1.165) is 4.57 Å². The molecule has 1 unspecified atom stereocenters. The first kappa shape index (κ1) is 19.0. The highest BCUT2D eigenvalue weighted by atomic mass is 35.5. The van der Waals surface area contributed by atoms with Gasteiger partial charge in [0.25, 0.3) is 5.56 Å². The van der Waals surface area contributed by atoms with Gasteiger partial charge in [0.1, 0.15) is 6.04 Å². The summed E-state index contributed by atoms with van der Waals surface area (Å²) >= 11 is 12.3. The summed E-state index contributed by atoms with van der Waals surface area (Å²) in [5.41, 5.74) is -0.152. The van der Waals surface area contributed by atoms with Crippen LogP contribution in [-0.2, 0) is 4.79 Å². The van der Waals surface area contributed by atoms with Crippen LogP contribution in [0, 0.1) is 16.7 Å². The molecule has 1 heterocycles. The Kier molecular flexibility index (Phi) is 5.26. The predicted octanol–water partition coefficient (Wildman–Crippen LogP) is 4.37. The molecule has 1 atom stereocenters. The molecule has 0 saturated carbocycles. The van der Waals surface area contributed by atoms with Gasteiger partial charge in [0.05, 0.1) is 16.7 Å². The van der Waals surface area contributed by atoms with Gasteiger partial charge in [-0.05, 0) is 23.6 Å². The SMILES string of the molecule is CC(C)(C)C(C(=O)O)n1cc(Cl)c(-c2cc(Cl)ccc2C#N)cc1=O. The molecule has 7 heteroatoms. The lowest BCUT2D eigenvalue weighted by atomic mass is 9.86. The minimum atomic E-state index is -1.13. The monoisotopic (exact) mass is 378 g/mol. The predicted molar refractivity (Wildman–Crippen MR) is 97.0 cm³/mol. The van der Waals surface area contributed by atoms with E-state index in [0.29, 0.717) is 21.7 Å². The molecule has 2 rings (SSSR count). The van der Waals surface area contributed by atoms with Crippen LogP contribution in [0.1, 0.15) is 32.4 Å². The van der Waals surface area contributed by atoms with Crippen LogP contribution >= 0.6 is 23.2 Å². The van der Waals surface area contributed by atoms with Gasteiger partial charge in [-0.25, -0.2) is 4.79 Å². The fourth-order valence-corrected chi connectivity index (χ4v) is 3.11. The molecule has 0 radical (unpaired) electrons. The Morgan fingerprint density at radius 3 is 2.40 bits per heavy atom. The number of aromatic nitrogens is 1. The Balaban J connectivity index is 2.71. The maximum atomic E-state index is 12.6. The summed E-state index contributed by atoms with van der Waals surface area (Å²) in [5, 5.41) is 19.3. The highest BCUT2D eigenvalue weighted by Gasteiger charge is 2.34. The van der Waals surface area contributed by atoms with Gasteiger partial charge in [0, 0.05) is 28.4 Å². The van der Waals surface area contributed by atoms with Crippen molar-refractivity contribution in [3.8, 4) is 17.2 Å². The fourth-order valence-electron chi connectivity index (χ4n) is 2.67. The van der Waals surface area contributed by atoms with Gasteiger partial charge in [0.15, 0.2) is 0 Å². The van der Waals surface area contributed by atoms with Gasteiger partial charge in [-0.3, -0.25) is 9.36 Å². The summed E-state index contributed by atoms with van der Waals surface area (Å²) in [6.07, 6.45) is 1.30. The lowest BCUT2D eigenvalue weighted by Crippen LogP contribution is -2.37. The first-order valence-electron chi connectivity index (χ1n) is 7.40. The van der Waals surface area contributed by atoms with E-state index in [1.807, 2.05) is 6.07 Å². The quantitative estimate of drug-likeness (QED) is 0.859. The van der Waals surface area contributed by atoms with E-state index in [1.54, 1.807) is 32.9 Å². The lowest BCUT2D eigenvalue weighted by Gasteiger charge is -2.29. The van der Waals surface area contributed by atoms with Gasteiger partial charge in [0.2, 0.25) is 0 Å². The molecule has 0 amide bonds. The molecule has 1 aromatic carbocycles. The zero-order chi connectivity index (χ0) is 18.9. The van der Waals surface area contributed by atoms with Crippen molar-refractivity contribution >= 4 is 29.2 Å². The highest BCUT2D eigenvalue weighted by molar-refractivity contribution is 6.33. The van der Waals surface area contributed by atoms with Crippen LogP contribution in [0.3, 0.4) is 0 Å². The highest BCUT2D eigenvalue weighted by Crippen LogP contribution is 2.34. The molecule has 5 nitrogen and oxygen atoms in total. The van der Waals surface area contributed by atoms with Crippen molar-refractivity contribution in [2.45, 2.75) is 26.8 Å². The molecule has 2 aromatic rings. The zero-order valence-electron chi connectivity index (χ0n) is 13.9. The maximum absolute atomic E-state index is 12.6. The molecule has 0 aliphatic heterocycles. The summed E-state index contributed by atoms with van der Waals surface area (Å²) < 4.78 is 1.10. The lowest BCUT2D eigenvalue weighted by molar-refractivity contribution is -0.144. The third kappa shape index (κ3) is 3.87. The second-order valence-electron chi connectivity index (χ2n) is 6.69. The van der Waals surface area contributed by atoms with Crippen molar-refractivity contribution in [3.63, 3.8) is 0 Å². The third-order valence-electron chi connectivity index (χ3n) is 3.76.